The summed E-state index contributed by atoms with van der Waals surface area (Å²) in [6.07, 6.45) is 3.96. The Bertz CT molecular complexity index is 1300. The highest BCUT2D eigenvalue weighted by molar-refractivity contribution is 7.10. The van der Waals surface area contributed by atoms with Crippen molar-refractivity contribution >= 4 is 38.9 Å². The predicted molar refractivity (Wildman–Crippen MR) is 123 cm³/mol. The first-order chi connectivity index (χ1) is 14.7. The summed E-state index contributed by atoms with van der Waals surface area (Å²) in [6, 6.07) is 20.5. The average Bonchev–Trinajstić information content (AvgIpc) is 3.53. The summed E-state index contributed by atoms with van der Waals surface area (Å²) in [5, 5.41) is 6.54. The van der Waals surface area contributed by atoms with Crippen LogP contribution in [0.5, 0.6) is 0 Å². The molecule has 4 nitrogen and oxygen atoms in total. The molecule has 4 N–H and O–H groups in total. The van der Waals surface area contributed by atoms with E-state index in [2.05, 4.69) is 63.3 Å². The SMILES string of the molecule is C[C@@H]([NH2+]C[C@@H](c1cccs1)c1c[nH]c2ccccc12)C(=O)c1c[nH]c2ccccc12. The van der Waals surface area contributed by atoms with E-state index in [1.165, 1.54) is 15.8 Å². The molecule has 0 aliphatic rings. The third kappa shape index (κ3) is 3.36. The number of rotatable bonds is 7. The van der Waals surface area contributed by atoms with Crippen LogP contribution in [-0.2, 0) is 0 Å². The van der Waals surface area contributed by atoms with E-state index in [1.54, 1.807) is 11.3 Å². The van der Waals surface area contributed by atoms with Gasteiger partial charge in [-0.15, -0.1) is 11.3 Å². The maximum Gasteiger partial charge on any atom is 0.221 e. The summed E-state index contributed by atoms with van der Waals surface area (Å²) in [6.45, 7) is 2.82. The van der Waals surface area contributed by atoms with Crippen LogP contribution in [0.4, 0.5) is 0 Å². The smallest absolute Gasteiger partial charge is 0.221 e. The number of benzene rings is 2. The zero-order valence-corrected chi connectivity index (χ0v) is 17.6. The molecule has 3 aromatic heterocycles. The van der Waals surface area contributed by atoms with Crippen molar-refractivity contribution in [3.63, 3.8) is 0 Å². The van der Waals surface area contributed by atoms with Crippen molar-refractivity contribution in [1.82, 2.24) is 9.97 Å². The molecule has 150 valence electrons. The minimum Gasteiger partial charge on any atom is -0.361 e. The van der Waals surface area contributed by atoms with Gasteiger partial charge in [0.25, 0.3) is 0 Å². The summed E-state index contributed by atoms with van der Waals surface area (Å²) in [5.41, 5.74) is 4.21. The largest absolute Gasteiger partial charge is 0.361 e. The number of nitrogens with two attached hydrogens (primary N) is 1. The van der Waals surface area contributed by atoms with E-state index in [4.69, 9.17) is 0 Å². The van der Waals surface area contributed by atoms with E-state index in [1.807, 2.05) is 37.4 Å². The molecular weight excluding hydrogens is 390 g/mol. The van der Waals surface area contributed by atoms with Crippen LogP contribution >= 0.6 is 11.3 Å². The zero-order valence-electron chi connectivity index (χ0n) is 16.8. The van der Waals surface area contributed by atoms with Crippen molar-refractivity contribution in [3.8, 4) is 0 Å². The minimum absolute atomic E-state index is 0.156. The molecule has 0 aliphatic heterocycles. The number of carbonyl (C=O) groups is 1. The highest BCUT2D eigenvalue weighted by Crippen LogP contribution is 2.32. The van der Waals surface area contributed by atoms with Gasteiger partial charge in [0, 0.05) is 44.6 Å². The molecule has 0 spiro atoms. The van der Waals surface area contributed by atoms with Gasteiger partial charge in [0.15, 0.2) is 0 Å². The van der Waals surface area contributed by atoms with Crippen LogP contribution in [0.2, 0.25) is 0 Å². The third-order valence-electron chi connectivity index (χ3n) is 5.88. The van der Waals surface area contributed by atoms with Gasteiger partial charge in [0.2, 0.25) is 5.78 Å². The van der Waals surface area contributed by atoms with Crippen LogP contribution in [0.15, 0.2) is 78.4 Å². The number of hydrogen-bond donors (Lipinski definition) is 3. The Kier molecular flexibility index (Phi) is 4.99. The Morgan fingerprint density at radius 2 is 1.63 bits per heavy atom. The van der Waals surface area contributed by atoms with Gasteiger partial charge in [0.05, 0.1) is 12.5 Å². The number of hydrogen-bond acceptors (Lipinski definition) is 2. The van der Waals surface area contributed by atoms with Crippen LogP contribution in [-0.4, -0.2) is 28.3 Å². The van der Waals surface area contributed by atoms with Gasteiger partial charge in [-0.3, -0.25) is 4.79 Å². The van der Waals surface area contributed by atoms with Crippen molar-refractivity contribution < 1.29 is 10.1 Å². The summed E-state index contributed by atoms with van der Waals surface area (Å²) in [4.78, 5) is 21.1. The maximum absolute atomic E-state index is 13.2. The molecule has 0 unspecified atom stereocenters. The van der Waals surface area contributed by atoms with E-state index in [0.29, 0.717) is 0 Å². The lowest BCUT2D eigenvalue weighted by Crippen LogP contribution is -2.91. The lowest BCUT2D eigenvalue weighted by Gasteiger charge is -2.17. The molecule has 0 fully saturated rings. The fraction of sp³-hybridized carbons (Fsp3) is 0.160. The number of carbonyl (C=O) groups excluding carboxylic acids is 1. The number of ketones is 1. The molecule has 2 aromatic carbocycles. The normalized spacial score (nSPS) is 13.6. The first-order valence-corrected chi connectivity index (χ1v) is 11.1. The molecule has 0 saturated carbocycles. The van der Waals surface area contributed by atoms with Crippen LogP contribution in [0.25, 0.3) is 21.8 Å². The van der Waals surface area contributed by atoms with Gasteiger partial charge >= 0.3 is 0 Å². The Hall–Kier alpha value is -3.15. The topological polar surface area (TPSA) is 65.3 Å². The van der Waals surface area contributed by atoms with Crippen LogP contribution in [0.3, 0.4) is 0 Å². The standard InChI is InChI=1S/C25H23N3OS/c1-16(25(29)21-15-28-23-10-5-3-8-18(21)23)26-14-20(24-11-6-12-30-24)19-13-27-22-9-4-2-7-17(19)22/h2-13,15-16,20,26-28H,14H2,1H3/p+1/t16-,20-/m1/s1. The highest BCUT2D eigenvalue weighted by Gasteiger charge is 2.26. The molecule has 0 bridgehead atoms. The highest BCUT2D eigenvalue weighted by atomic mass is 32.1. The van der Waals surface area contributed by atoms with Gasteiger partial charge in [-0.25, -0.2) is 0 Å². The second kappa shape index (κ2) is 7.94. The van der Waals surface area contributed by atoms with Crippen LogP contribution < -0.4 is 5.32 Å². The van der Waals surface area contributed by atoms with E-state index >= 15 is 0 Å². The number of quaternary nitrogens is 1. The monoisotopic (exact) mass is 414 g/mol. The molecular formula is C25H24N3OS+. The molecule has 5 aromatic rings. The quantitative estimate of drug-likeness (QED) is 0.333. The zero-order chi connectivity index (χ0) is 20.5. The fourth-order valence-corrected chi connectivity index (χ4v) is 5.09. The molecule has 0 aliphatic carbocycles. The van der Waals surface area contributed by atoms with Crippen LogP contribution in [0.1, 0.15) is 33.6 Å². The van der Waals surface area contributed by atoms with Crippen LogP contribution in [0, 0.1) is 0 Å². The minimum atomic E-state index is -0.156. The number of thiophene rings is 1. The summed E-state index contributed by atoms with van der Waals surface area (Å²) in [7, 11) is 0. The van der Waals surface area contributed by atoms with E-state index in [-0.39, 0.29) is 17.7 Å². The molecule has 5 heteroatoms. The molecule has 0 radical (unpaired) electrons. The number of aromatic amines is 2. The first-order valence-electron chi connectivity index (χ1n) is 10.3. The third-order valence-corrected chi connectivity index (χ3v) is 6.86. The number of nitrogens with one attached hydrogen (secondary N) is 2. The Morgan fingerprint density at radius 3 is 2.40 bits per heavy atom. The number of para-hydroxylation sites is 2. The van der Waals surface area contributed by atoms with Gasteiger partial charge < -0.3 is 15.3 Å². The number of Topliss-reactive ketones (excluding diaryl/α,β-unsaturated/α-hetero) is 1. The Labute approximate surface area is 179 Å². The van der Waals surface area contributed by atoms with Gasteiger partial charge in [0.1, 0.15) is 6.04 Å². The average molecular weight is 415 g/mol. The van der Waals surface area contributed by atoms with E-state index in [0.717, 1.165) is 28.5 Å². The van der Waals surface area contributed by atoms with Crippen molar-refractivity contribution in [2.45, 2.75) is 18.9 Å². The molecule has 3 heterocycles. The summed E-state index contributed by atoms with van der Waals surface area (Å²) >= 11 is 1.77. The predicted octanol–water partition coefficient (Wildman–Crippen LogP) is 4.68. The molecule has 2 atom stereocenters. The number of fused-ring (bicyclic) bond motifs is 2. The van der Waals surface area contributed by atoms with Crippen molar-refractivity contribution in [2.75, 3.05) is 6.54 Å². The van der Waals surface area contributed by atoms with E-state index in [9.17, 15) is 4.79 Å². The molecule has 5 rings (SSSR count). The van der Waals surface area contributed by atoms with Crippen molar-refractivity contribution in [3.05, 3.63) is 94.4 Å². The molecule has 30 heavy (non-hydrogen) atoms. The van der Waals surface area contributed by atoms with Crippen molar-refractivity contribution in [2.24, 2.45) is 0 Å². The Morgan fingerprint density at radius 1 is 0.933 bits per heavy atom. The Balaban J connectivity index is 1.40. The molecule has 0 amide bonds. The van der Waals surface area contributed by atoms with E-state index < -0.39 is 0 Å². The first kappa shape index (κ1) is 18.9. The summed E-state index contributed by atoms with van der Waals surface area (Å²) < 4.78 is 0. The molecule has 0 saturated heterocycles. The number of H-pyrrole nitrogens is 2. The van der Waals surface area contributed by atoms with Gasteiger partial charge in [-0.05, 0) is 36.1 Å². The fourth-order valence-electron chi connectivity index (χ4n) is 4.24. The summed E-state index contributed by atoms with van der Waals surface area (Å²) in [5.74, 6) is 0.399. The lowest BCUT2D eigenvalue weighted by atomic mass is 9.96. The maximum atomic E-state index is 13.2. The second-order valence-corrected chi connectivity index (χ2v) is 8.71. The van der Waals surface area contributed by atoms with Crippen molar-refractivity contribution in [1.29, 1.82) is 0 Å². The second-order valence-electron chi connectivity index (χ2n) is 7.73. The number of aromatic nitrogens is 2. The van der Waals surface area contributed by atoms with Gasteiger partial charge in [-0.2, -0.15) is 0 Å². The van der Waals surface area contributed by atoms with Gasteiger partial charge in [-0.1, -0.05) is 42.5 Å². The lowest BCUT2D eigenvalue weighted by molar-refractivity contribution is -0.673.